The Bertz CT molecular complexity index is 1210. The minimum Gasteiger partial charge on any atom is -0.491 e. The van der Waals surface area contributed by atoms with E-state index in [1.165, 1.54) is 21.9 Å². The molecule has 0 saturated carbocycles. The zero-order chi connectivity index (χ0) is 24.2. The fraction of sp³-hybridized carbons (Fsp3) is 0.364. The number of hydrogen-bond donors (Lipinski definition) is 3. The molecule has 0 fully saturated rings. The van der Waals surface area contributed by atoms with Crippen molar-refractivity contribution in [1.82, 2.24) is 14.9 Å². The summed E-state index contributed by atoms with van der Waals surface area (Å²) in [6.07, 6.45) is 2.36. The molecule has 0 bridgehead atoms. The van der Waals surface area contributed by atoms with Crippen molar-refractivity contribution < 1.29 is 33.1 Å². The summed E-state index contributed by atoms with van der Waals surface area (Å²) < 4.78 is 29.1. The number of hydrogen-bond acceptors (Lipinski definition) is 7. The normalized spacial score (nSPS) is 14.8. The maximum atomic E-state index is 12.7. The van der Waals surface area contributed by atoms with E-state index >= 15 is 0 Å². The first-order valence-corrected chi connectivity index (χ1v) is 12.0. The third-order valence-corrected chi connectivity index (χ3v) is 7.58. The van der Waals surface area contributed by atoms with Gasteiger partial charge in [-0.3, -0.25) is 14.6 Å². The van der Waals surface area contributed by atoms with Crippen molar-refractivity contribution in [1.29, 1.82) is 0 Å². The van der Waals surface area contributed by atoms with Gasteiger partial charge in [0.05, 0.1) is 13.2 Å². The van der Waals surface area contributed by atoms with Crippen LogP contribution in [-0.2, 0) is 21.2 Å². The van der Waals surface area contributed by atoms with Crippen LogP contribution in [0, 0.1) is 11.8 Å². The number of carbonyl (C=O) groups excluding carboxylic acids is 2. The van der Waals surface area contributed by atoms with Gasteiger partial charge < -0.3 is 14.7 Å². The lowest BCUT2D eigenvalue weighted by atomic mass is 10.1. The Hall–Kier alpha value is -3.33. The second-order valence-corrected chi connectivity index (χ2v) is 10.3. The third-order valence-electron chi connectivity index (χ3n) is 5.55. The molecule has 1 aromatic carbocycles. The van der Waals surface area contributed by atoms with Crippen LogP contribution in [0.5, 0.6) is 5.75 Å². The molecule has 0 saturated heterocycles. The molecule has 10 nitrogen and oxygen atoms in total. The van der Waals surface area contributed by atoms with Crippen LogP contribution >= 0.6 is 0 Å². The third kappa shape index (κ3) is 5.19. The van der Waals surface area contributed by atoms with Gasteiger partial charge in [0.25, 0.3) is 5.91 Å². The van der Waals surface area contributed by atoms with Gasteiger partial charge in [0.1, 0.15) is 12.4 Å². The molecule has 1 aliphatic heterocycles. The van der Waals surface area contributed by atoms with Crippen molar-refractivity contribution >= 4 is 21.8 Å². The molecule has 2 heterocycles. The topological polar surface area (TPSA) is 138 Å². The van der Waals surface area contributed by atoms with Gasteiger partial charge in [0.15, 0.2) is 14.6 Å². The molecule has 1 unspecified atom stereocenters. The summed E-state index contributed by atoms with van der Waals surface area (Å²) in [6, 6.07) is 8.52. The molecule has 0 aliphatic carbocycles. The number of fused-ring (bicyclic) bond motifs is 1. The molecule has 3 N–H and O–H groups in total. The lowest BCUT2D eigenvalue weighted by Crippen LogP contribution is -2.50. The Morgan fingerprint density at radius 3 is 2.48 bits per heavy atom. The number of hydroxylamine groups is 1. The number of sulfone groups is 1. The number of rotatable bonds is 8. The summed E-state index contributed by atoms with van der Waals surface area (Å²) in [5.41, 5.74) is 3.51. The van der Waals surface area contributed by atoms with E-state index in [4.69, 9.17) is 15.1 Å². The first-order valence-electron chi connectivity index (χ1n) is 10.1. The fourth-order valence-corrected chi connectivity index (χ4v) is 4.19. The number of amides is 2. The van der Waals surface area contributed by atoms with E-state index in [2.05, 4.69) is 11.8 Å². The first-order chi connectivity index (χ1) is 15.6. The Kier molecular flexibility index (Phi) is 7.12. The molecule has 1 aliphatic rings. The van der Waals surface area contributed by atoms with E-state index in [9.17, 15) is 18.0 Å². The van der Waals surface area contributed by atoms with Gasteiger partial charge in [-0.2, -0.15) is 0 Å². The van der Waals surface area contributed by atoms with E-state index < -0.39 is 20.5 Å². The first kappa shape index (κ1) is 24.3. The number of aliphatic hydroxyl groups excluding tert-OH is 1. The lowest BCUT2D eigenvalue weighted by molar-refractivity contribution is -0.131. The number of aliphatic hydroxyl groups is 1. The molecule has 1 atom stereocenters. The van der Waals surface area contributed by atoms with Crippen molar-refractivity contribution in [2.45, 2.75) is 24.6 Å². The average molecular weight is 476 g/mol. The van der Waals surface area contributed by atoms with Crippen LogP contribution in [-0.4, -0.2) is 70.9 Å². The van der Waals surface area contributed by atoms with Gasteiger partial charge in [-0.25, -0.2) is 18.7 Å². The summed E-state index contributed by atoms with van der Waals surface area (Å²) in [4.78, 5) is 26.1. The van der Waals surface area contributed by atoms with Crippen LogP contribution in [0.2, 0.25) is 0 Å². The zero-order valence-corrected chi connectivity index (χ0v) is 19.1. The molecular weight excluding hydrogens is 450 g/mol. The molecule has 3 rings (SSSR count). The predicted molar refractivity (Wildman–Crippen MR) is 118 cm³/mol. The quantitative estimate of drug-likeness (QED) is 0.291. The highest BCUT2D eigenvalue weighted by molar-refractivity contribution is 7.92. The summed E-state index contributed by atoms with van der Waals surface area (Å²) in [5, 5.41) is 17.7. The number of carbonyl (C=O) groups is 2. The van der Waals surface area contributed by atoms with Crippen molar-refractivity contribution in [3.8, 4) is 17.6 Å². The summed E-state index contributed by atoms with van der Waals surface area (Å²) in [5.74, 6) is 5.61. The summed E-state index contributed by atoms with van der Waals surface area (Å²) in [7, 11) is -3.84. The van der Waals surface area contributed by atoms with Crippen molar-refractivity contribution in [2.24, 2.45) is 0 Å². The van der Waals surface area contributed by atoms with E-state index in [1.807, 2.05) is 0 Å². The predicted octanol–water partition coefficient (Wildman–Crippen LogP) is 0.741. The average Bonchev–Trinajstić information content (AvgIpc) is 3.32. The zero-order valence-electron chi connectivity index (χ0n) is 18.2. The van der Waals surface area contributed by atoms with Gasteiger partial charge in [-0.15, -0.1) is 0 Å². The Morgan fingerprint density at radius 2 is 1.91 bits per heavy atom. The Labute approximate surface area is 191 Å². The molecule has 11 heteroatoms. The van der Waals surface area contributed by atoms with Gasteiger partial charge in [-0.1, -0.05) is 11.8 Å². The van der Waals surface area contributed by atoms with Gasteiger partial charge in [0.2, 0.25) is 0 Å². The highest BCUT2D eigenvalue weighted by Gasteiger charge is 2.44. The van der Waals surface area contributed by atoms with Gasteiger partial charge in [0, 0.05) is 35.8 Å². The second-order valence-electron chi connectivity index (χ2n) is 7.83. The number of benzene rings is 1. The second kappa shape index (κ2) is 9.66. The van der Waals surface area contributed by atoms with E-state index in [0.717, 1.165) is 11.8 Å². The van der Waals surface area contributed by atoms with Crippen LogP contribution in [0.4, 0.5) is 4.79 Å². The van der Waals surface area contributed by atoms with E-state index in [0.29, 0.717) is 17.0 Å². The van der Waals surface area contributed by atoms with Crippen LogP contribution in [0.15, 0.2) is 36.5 Å². The number of nitrogens with one attached hydrogen (secondary N) is 1. The highest BCUT2D eigenvalue weighted by Crippen LogP contribution is 2.25. The van der Waals surface area contributed by atoms with Gasteiger partial charge in [-0.05, 0) is 43.7 Å². The molecule has 1 aromatic heterocycles. The molecule has 2 amide bonds. The van der Waals surface area contributed by atoms with Crippen molar-refractivity contribution in [3.63, 3.8) is 0 Å². The van der Waals surface area contributed by atoms with Crippen LogP contribution in [0.25, 0.3) is 0 Å². The molecule has 176 valence electrons. The van der Waals surface area contributed by atoms with Crippen molar-refractivity contribution in [3.05, 3.63) is 53.3 Å². The van der Waals surface area contributed by atoms with Crippen LogP contribution in [0.3, 0.4) is 0 Å². The molecule has 33 heavy (non-hydrogen) atoms. The monoisotopic (exact) mass is 475 g/mol. The fourth-order valence-electron chi connectivity index (χ4n) is 3.34. The SMILES string of the molecule is CC(CCN1Cc2cc(C#Cc3ccc(OCCO)cc3)cn2C1=O)(C(=O)NO)S(C)(=O)=O. The summed E-state index contributed by atoms with van der Waals surface area (Å²) >= 11 is 0. The van der Waals surface area contributed by atoms with Crippen molar-refractivity contribution in [2.75, 3.05) is 26.0 Å². The molecule has 0 spiro atoms. The maximum Gasteiger partial charge on any atom is 0.328 e. The molecular formula is C22H25N3O7S. The highest BCUT2D eigenvalue weighted by atomic mass is 32.2. The number of nitrogens with zero attached hydrogens (tertiary/aromatic N) is 2. The minimum atomic E-state index is -3.84. The van der Waals surface area contributed by atoms with E-state index in [1.54, 1.807) is 36.5 Å². The largest absolute Gasteiger partial charge is 0.491 e. The van der Waals surface area contributed by atoms with Gasteiger partial charge >= 0.3 is 6.03 Å². The Morgan fingerprint density at radius 1 is 1.24 bits per heavy atom. The van der Waals surface area contributed by atoms with Crippen LogP contribution < -0.4 is 10.2 Å². The number of ether oxygens (including phenoxy) is 1. The minimum absolute atomic E-state index is 0.0171. The maximum absolute atomic E-state index is 12.7. The molecule has 0 radical (unpaired) electrons. The smallest absolute Gasteiger partial charge is 0.328 e. The Balaban J connectivity index is 1.66. The number of aromatic nitrogens is 1. The summed E-state index contributed by atoms with van der Waals surface area (Å²) in [6.45, 7) is 1.63. The van der Waals surface area contributed by atoms with Crippen LogP contribution in [0.1, 0.15) is 30.2 Å². The molecule has 2 aromatic rings. The standard InChI is InChI=1S/C22H25N3O7S/c1-22(20(27)23-29,33(2,30)31)9-10-24-15-18-13-17(14-25(18)21(24)28)4-3-16-5-7-19(8-6-16)32-12-11-26/h5-8,13-14,26,29H,9-12,15H2,1-2H3,(H,23,27). The lowest BCUT2D eigenvalue weighted by Gasteiger charge is -2.27. The van der Waals surface area contributed by atoms with E-state index in [-0.39, 0.29) is 38.8 Å².